The van der Waals surface area contributed by atoms with Crippen LogP contribution < -0.4 is 5.73 Å². The minimum absolute atomic E-state index is 0.469. The molecule has 0 aliphatic heterocycles. The van der Waals surface area contributed by atoms with Gasteiger partial charge in [-0.3, -0.25) is 0 Å². The van der Waals surface area contributed by atoms with E-state index in [1.807, 2.05) is 5.57 Å². The summed E-state index contributed by atoms with van der Waals surface area (Å²) in [5, 5.41) is 0. The second-order valence-corrected chi connectivity index (χ2v) is 4.98. The summed E-state index contributed by atoms with van der Waals surface area (Å²) in [4.78, 5) is 0. The van der Waals surface area contributed by atoms with Gasteiger partial charge in [-0.25, -0.2) is 0 Å². The molecule has 0 heterocycles. The van der Waals surface area contributed by atoms with Crippen LogP contribution in [-0.4, -0.2) is 6.04 Å². The first kappa shape index (κ1) is 10.2. The molecule has 1 heteroatoms. The lowest BCUT2D eigenvalue weighted by molar-refractivity contribution is 0.436. The minimum Gasteiger partial charge on any atom is -0.327 e. The van der Waals surface area contributed by atoms with Crippen LogP contribution in [0, 0.1) is 5.92 Å². The standard InChI is InChI=1S/C13H23N/c1-2-10-5-3-4-6-13(10)11-7-8-12(14)9-11/h10,12H,2-9,14H2,1H3/b13-11-. The van der Waals surface area contributed by atoms with Gasteiger partial charge in [0, 0.05) is 6.04 Å². The summed E-state index contributed by atoms with van der Waals surface area (Å²) in [5.41, 5.74) is 9.54. The zero-order valence-electron chi connectivity index (χ0n) is 9.39. The van der Waals surface area contributed by atoms with Crippen molar-refractivity contribution >= 4 is 0 Å². The van der Waals surface area contributed by atoms with Crippen LogP contribution in [0.5, 0.6) is 0 Å². The molecule has 0 saturated heterocycles. The lowest BCUT2D eigenvalue weighted by Crippen LogP contribution is -2.15. The molecule has 2 unspecified atom stereocenters. The molecular formula is C13H23N. The summed E-state index contributed by atoms with van der Waals surface area (Å²) in [6, 6.07) is 0.469. The Morgan fingerprint density at radius 3 is 2.71 bits per heavy atom. The molecule has 2 N–H and O–H groups in total. The van der Waals surface area contributed by atoms with Crippen LogP contribution in [0.1, 0.15) is 58.3 Å². The Kier molecular flexibility index (Phi) is 3.27. The molecule has 2 fully saturated rings. The molecule has 0 radical (unpaired) electrons. The van der Waals surface area contributed by atoms with Crippen LogP contribution in [0.15, 0.2) is 11.1 Å². The fourth-order valence-electron chi connectivity index (χ4n) is 3.17. The third-order valence-corrected chi connectivity index (χ3v) is 4.01. The Morgan fingerprint density at radius 1 is 1.21 bits per heavy atom. The fraction of sp³-hybridized carbons (Fsp3) is 0.846. The summed E-state index contributed by atoms with van der Waals surface area (Å²) in [6.07, 6.45) is 10.7. The van der Waals surface area contributed by atoms with Crippen molar-refractivity contribution in [3.05, 3.63) is 11.1 Å². The van der Waals surface area contributed by atoms with Crippen LogP contribution >= 0.6 is 0 Å². The molecular weight excluding hydrogens is 170 g/mol. The molecule has 0 aromatic rings. The molecule has 2 rings (SSSR count). The van der Waals surface area contributed by atoms with Gasteiger partial charge >= 0.3 is 0 Å². The first-order valence-corrected chi connectivity index (χ1v) is 6.27. The van der Waals surface area contributed by atoms with E-state index in [-0.39, 0.29) is 0 Å². The van der Waals surface area contributed by atoms with E-state index in [4.69, 9.17) is 5.73 Å². The lowest BCUT2D eigenvalue weighted by Gasteiger charge is -2.26. The predicted octanol–water partition coefficient (Wildman–Crippen LogP) is 3.39. The summed E-state index contributed by atoms with van der Waals surface area (Å²) >= 11 is 0. The van der Waals surface area contributed by atoms with E-state index >= 15 is 0 Å². The summed E-state index contributed by atoms with van der Waals surface area (Å²) < 4.78 is 0. The van der Waals surface area contributed by atoms with Gasteiger partial charge in [0.15, 0.2) is 0 Å². The van der Waals surface area contributed by atoms with Gasteiger partial charge in [0.25, 0.3) is 0 Å². The van der Waals surface area contributed by atoms with Crippen molar-refractivity contribution in [1.82, 2.24) is 0 Å². The second kappa shape index (κ2) is 4.48. The van der Waals surface area contributed by atoms with E-state index in [1.165, 1.54) is 51.4 Å². The summed E-state index contributed by atoms with van der Waals surface area (Å²) in [7, 11) is 0. The van der Waals surface area contributed by atoms with Gasteiger partial charge in [-0.2, -0.15) is 0 Å². The monoisotopic (exact) mass is 193 g/mol. The average molecular weight is 193 g/mol. The summed E-state index contributed by atoms with van der Waals surface area (Å²) in [5.74, 6) is 0.907. The molecule has 2 aliphatic rings. The Hall–Kier alpha value is -0.300. The third-order valence-electron chi connectivity index (χ3n) is 4.01. The SMILES string of the molecule is CCC1CCCC/C1=C1\CCC(N)C1. The average Bonchev–Trinajstić information content (AvgIpc) is 2.65. The van der Waals surface area contributed by atoms with Crippen LogP contribution in [0.3, 0.4) is 0 Å². The molecule has 0 bridgehead atoms. The molecule has 0 aromatic carbocycles. The Labute approximate surface area is 87.8 Å². The summed E-state index contributed by atoms with van der Waals surface area (Å²) in [6.45, 7) is 2.34. The normalized spacial score (nSPS) is 39.0. The highest BCUT2D eigenvalue weighted by Crippen LogP contribution is 2.38. The lowest BCUT2D eigenvalue weighted by atomic mass is 9.80. The molecule has 80 valence electrons. The van der Waals surface area contributed by atoms with Crippen molar-refractivity contribution in [2.75, 3.05) is 0 Å². The zero-order chi connectivity index (χ0) is 9.97. The maximum Gasteiger partial charge on any atom is 0.00792 e. The van der Waals surface area contributed by atoms with Crippen molar-refractivity contribution in [2.24, 2.45) is 11.7 Å². The van der Waals surface area contributed by atoms with Gasteiger partial charge in [0.05, 0.1) is 0 Å². The Morgan fingerprint density at radius 2 is 2.07 bits per heavy atom. The number of hydrogen-bond acceptors (Lipinski definition) is 1. The van der Waals surface area contributed by atoms with Gasteiger partial charge in [-0.1, -0.05) is 24.5 Å². The highest BCUT2D eigenvalue weighted by Gasteiger charge is 2.24. The fourth-order valence-corrected chi connectivity index (χ4v) is 3.17. The van der Waals surface area contributed by atoms with Crippen molar-refractivity contribution in [3.63, 3.8) is 0 Å². The maximum absolute atomic E-state index is 5.98. The third kappa shape index (κ3) is 2.03. The molecule has 2 aliphatic carbocycles. The van der Waals surface area contributed by atoms with Gasteiger partial charge in [-0.15, -0.1) is 0 Å². The molecule has 14 heavy (non-hydrogen) atoms. The Balaban J connectivity index is 2.12. The molecule has 2 atom stereocenters. The van der Waals surface area contributed by atoms with E-state index in [0.29, 0.717) is 6.04 Å². The van der Waals surface area contributed by atoms with Crippen molar-refractivity contribution in [3.8, 4) is 0 Å². The van der Waals surface area contributed by atoms with E-state index in [1.54, 1.807) is 5.57 Å². The van der Waals surface area contributed by atoms with E-state index < -0.39 is 0 Å². The van der Waals surface area contributed by atoms with Gasteiger partial charge in [0.1, 0.15) is 0 Å². The van der Waals surface area contributed by atoms with Crippen molar-refractivity contribution in [2.45, 2.75) is 64.3 Å². The van der Waals surface area contributed by atoms with Crippen LogP contribution in [0.25, 0.3) is 0 Å². The number of hydrogen-bond donors (Lipinski definition) is 1. The predicted molar refractivity (Wildman–Crippen MR) is 61.1 cm³/mol. The first-order valence-electron chi connectivity index (χ1n) is 6.27. The quantitative estimate of drug-likeness (QED) is 0.635. The van der Waals surface area contributed by atoms with Crippen LogP contribution in [0.4, 0.5) is 0 Å². The first-order chi connectivity index (χ1) is 6.81. The Bertz CT molecular complexity index is 229. The largest absolute Gasteiger partial charge is 0.327 e. The second-order valence-electron chi connectivity index (χ2n) is 4.98. The molecule has 0 amide bonds. The van der Waals surface area contributed by atoms with Crippen molar-refractivity contribution in [1.29, 1.82) is 0 Å². The highest BCUT2D eigenvalue weighted by molar-refractivity contribution is 5.22. The molecule has 1 nitrogen and oxygen atoms in total. The minimum atomic E-state index is 0.469. The zero-order valence-corrected chi connectivity index (χ0v) is 9.39. The van der Waals surface area contributed by atoms with E-state index in [9.17, 15) is 0 Å². The highest BCUT2D eigenvalue weighted by atomic mass is 14.6. The number of nitrogens with two attached hydrogens (primary N) is 1. The van der Waals surface area contributed by atoms with Gasteiger partial charge in [-0.05, 0) is 50.9 Å². The molecule has 0 spiro atoms. The topological polar surface area (TPSA) is 26.0 Å². The van der Waals surface area contributed by atoms with Crippen molar-refractivity contribution < 1.29 is 0 Å². The number of allylic oxidation sites excluding steroid dienone is 1. The smallest absolute Gasteiger partial charge is 0.00792 e. The number of rotatable bonds is 1. The molecule has 2 saturated carbocycles. The van der Waals surface area contributed by atoms with E-state index in [0.717, 1.165) is 5.92 Å². The molecule has 0 aromatic heterocycles. The van der Waals surface area contributed by atoms with E-state index in [2.05, 4.69) is 6.92 Å². The van der Waals surface area contributed by atoms with Gasteiger partial charge in [0.2, 0.25) is 0 Å². The maximum atomic E-state index is 5.98. The van der Waals surface area contributed by atoms with Crippen LogP contribution in [-0.2, 0) is 0 Å². The van der Waals surface area contributed by atoms with Crippen LogP contribution in [0.2, 0.25) is 0 Å². The van der Waals surface area contributed by atoms with Gasteiger partial charge < -0.3 is 5.73 Å².